The van der Waals surface area contributed by atoms with Crippen molar-refractivity contribution < 1.29 is 4.79 Å². The summed E-state index contributed by atoms with van der Waals surface area (Å²) in [7, 11) is 0. The normalized spacial score (nSPS) is 14.7. The molecule has 3 heteroatoms. The van der Waals surface area contributed by atoms with Gasteiger partial charge in [-0.1, -0.05) is 6.07 Å². The molecule has 1 saturated carbocycles. The van der Waals surface area contributed by atoms with Gasteiger partial charge >= 0.3 is 0 Å². The fourth-order valence-electron chi connectivity index (χ4n) is 2.11. The molecular formula is C15H16N2O. The third-order valence-electron chi connectivity index (χ3n) is 3.36. The molecule has 18 heavy (non-hydrogen) atoms. The van der Waals surface area contributed by atoms with Gasteiger partial charge in [-0.3, -0.25) is 9.78 Å². The van der Waals surface area contributed by atoms with E-state index in [2.05, 4.69) is 15.6 Å². The van der Waals surface area contributed by atoms with Gasteiger partial charge < -0.3 is 4.57 Å². The molecule has 92 valence electrons. The molecule has 0 bridgehead atoms. The molecule has 1 aliphatic rings. The fourth-order valence-corrected chi connectivity index (χ4v) is 2.11. The van der Waals surface area contributed by atoms with Crippen LogP contribution in [0.1, 0.15) is 28.8 Å². The van der Waals surface area contributed by atoms with Crippen LogP contribution in [-0.2, 0) is 13.0 Å². The van der Waals surface area contributed by atoms with Crippen LogP contribution in [0.3, 0.4) is 0 Å². The van der Waals surface area contributed by atoms with E-state index >= 15 is 0 Å². The Hall–Kier alpha value is -1.90. The van der Waals surface area contributed by atoms with Crippen molar-refractivity contribution in [2.75, 3.05) is 0 Å². The van der Waals surface area contributed by atoms with Crippen LogP contribution in [-0.4, -0.2) is 15.3 Å². The first-order valence-corrected chi connectivity index (χ1v) is 6.42. The highest BCUT2D eigenvalue weighted by atomic mass is 16.1. The van der Waals surface area contributed by atoms with E-state index in [4.69, 9.17) is 0 Å². The van der Waals surface area contributed by atoms with E-state index < -0.39 is 0 Å². The summed E-state index contributed by atoms with van der Waals surface area (Å²) in [5.41, 5.74) is 2.09. The minimum absolute atomic E-state index is 0.305. The molecule has 0 radical (unpaired) electrons. The Morgan fingerprint density at radius 1 is 1.39 bits per heavy atom. The Morgan fingerprint density at radius 3 is 3.00 bits per heavy atom. The Labute approximate surface area is 106 Å². The number of ketones is 1. The van der Waals surface area contributed by atoms with Crippen LogP contribution < -0.4 is 0 Å². The van der Waals surface area contributed by atoms with Gasteiger partial charge in [0.05, 0.1) is 0 Å². The molecule has 0 spiro atoms. The fraction of sp³-hybridized carbons (Fsp3) is 0.333. The number of hydrogen-bond donors (Lipinski definition) is 0. The third kappa shape index (κ3) is 2.50. The molecule has 1 fully saturated rings. The first kappa shape index (κ1) is 11.2. The van der Waals surface area contributed by atoms with Crippen LogP contribution in [0.5, 0.6) is 0 Å². The lowest BCUT2D eigenvalue weighted by Gasteiger charge is -2.02. The van der Waals surface area contributed by atoms with Crippen molar-refractivity contribution in [2.24, 2.45) is 5.92 Å². The molecule has 0 amide bonds. The number of carbonyl (C=O) groups is 1. The van der Waals surface area contributed by atoms with Crippen molar-refractivity contribution >= 4 is 5.78 Å². The summed E-state index contributed by atoms with van der Waals surface area (Å²) in [6.07, 6.45) is 10.7. The standard InChI is InChI=1S/C15H16N2O/c18-15(13-3-4-13)14-6-9-17(11-14)8-5-12-2-1-7-16-10-12/h1-2,6-7,9-11,13H,3-5,8H2. The Balaban J connectivity index is 1.61. The third-order valence-corrected chi connectivity index (χ3v) is 3.36. The van der Waals surface area contributed by atoms with Crippen molar-refractivity contribution in [2.45, 2.75) is 25.8 Å². The SMILES string of the molecule is O=C(c1ccn(CCc2cccnc2)c1)C1CC1. The Morgan fingerprint density at radius 2 is 2.28 bits per heavy atom. The number of aromatic nitrogens is 2. The molecule has 2 aromatic rings. The van der Waals surface area contributed by atoms with Gasteiger partial charge in [0.1, 0.15) is 0 Å². The molecule has 1 aliphatic carbocycles. The van der Waals surface area contributed by atoms with Gasteiger partial charge in [-0.25, -0.2) is 0 Å². The largest absolute Gasteiger partial charge is 0.353 e. The van der Waals surface area contributed by atoms with Gasteiger partial charge in [0.2, 0.25) is 0 Å². The maximum absolute atomic E-state index is 11.9. The van der Waals surface area contributed by atoms with E-state index in [9.17, 15) is 4.79 Å². The van der Waals surface area contributed by atoms with E-state index in [1.165, 1.54) is 5.56 Å². The maximum Gasteiger partial charge on any atom is 0.167 e. The van der Waals surface area contributed by atoms with Crippen LogP contribution in [0.25, 0.3) is 0 Å². The molecule has 0 N–H and O–H groups in total. The van der Waals surface area contributed by atoms with Gasteiger partial charge in [0, 0.05) is 42.8 Å². The summed E-state index contributed by atoms with van der Waals surface area (Å²) in [5, 5.41) is 0. The highest BCUT2D eigenvalue weighted by Crippen LogP contribution is 2.32. The molecule has 3 rings (SSSR count). The van der Waals surface area contributed by atoms with Crippen LogP contribution in [0, 0.1) is 5.92 Å². The highest BCUT2D eigenvalue weighted by molar-refractivity contribution is 5.99. The zero-order chi connectivity index (χ0) is 12.4. The lowest BCUT2D eigenvalue weighted by atomic mass is 10.1. The van der Waals surface area contributed by atoms with Gasteiger partial charge in [0.15, 0.2) is 5.78 Å². The second kappa shape index (κ2) is 4.77. The summed E-state index contributed by atoms with van der Waals surface area (Å²) in [4.78, 5) is 16.0. The van der Waals surface area contributed by atoms with Gasteiger partial charge in [-0.2, -0.15) is 0 Å². The predicted molar refractivity (Wildman–Crippen MR) is 69.4 cm³/mol. The quantitative estimate of drug-likeness (QED) is 0.753. The number of carbonyl (C=O) groups excluding carboxylic acids is 1. The molecule has 2 heterocycles. The number of nitrogens with zero attached hydrogens (tertiary/aromatic N) is 2. The van der Waals surface area contributed by atoms with Crippen molar-refractivity contribution in [3.63, 3.8) is 0 Å². The van der Waals surface area contributed by atoms with Crippen LogP contribution >= 0.6 is 0 Å². The van der Waals surface area contributed by atoms with E-state index in [0.717, 1.165) is 31.4 Å². The Kier molecular flexibility index (Phi) is 2.97. The minimum Gasteiger partial charge on any atom is -0.353 e. The first-order valence-electron chi connectivity index (χ1n) is 6.42. The van der Waals surface area contributed by atoms with Crippen LogP contribution in [0.15, 0.2) is 43.0 Å². The van der Waals surface area contributed by atoms with E-state index in [0.29, 0.717) is 11.7 Å². The predicted octanol–water partition coefficient (Wildman–Crippen LogP) is 2.72. The summed E-state index contributed by atoms with van der Waals surface area (Å²) in [6, 6.07) is 5.96. The number of Topliss-reactive ketones (excluding diaryl/α,β-unsaturated/α-hetero) is 1. The van der Waals surface area contributed by atoms with Crippen molar-refractivity contribution in [3.05, 3.63) is 54.1 Å². The topological polar surface area (TPSA) is 34.9 Å². The summed E-state index contributed by atoms with van der Waals surface area (Å²) in [5.74, 6) is 0.620. The maximum atomic E-state index is 11.9. The second-order valence-corrected chi connectivity index (χ2v) is 4.89. The number of hydrogen-bond acceptors (Lipinski definition) is 2. The lowest BCUT2D eigenvalue weighted by molar-refractivity contribution is 0.0967. The number of aryl methyl sites for hydroxylation is 2. The number of rotatable bonds is 5. The van der Waals surface area contributed by atoms with E-state index in [1.54, 1.807) is 6.20 Å². The Bertz CT molecular complexity index is 541. The summed E-state index contributed by atoms with van der Waals surface area (Å²) < 4.78 is 2.09. The molecule has 0 aliphatic heterocycles. The minimum atomic E-state index is 0.305. The zero-order valence-electron chi connectivity index (χ0n) is 10.2. The average molecular weight is 240 g/mol. The molecule has 0 unspecified atom stereocenters. The molecule has 3 nitrogen and oxygen atoms in total. The lowest BCUT2D eigenvalue weighted by Crippen LogP contribution is -2.01. The van der Waals surface area contributed by atoms with E-state index in [-0.39, 0.29) is 0 Å². The van der Waals surface area contributed by atoms with Crippen LogP contribution in [0.2, 0.25) is 0 Å². The van der Waals surface area contributed by atoms with Crippen molar-refractivity contribution in [3.8, 4) is 0 Å². The number of pyridine rings is 1. The molecule has 0 atom stereocenters. The molecule has 2 aromatic heterocycles. The molecular weight excluding hydrogens is 224 g/mol. The molecule has 0 saturated heterocycles. The van der Waals surface area contributed by atoms with Crippen LogP contribution in [0.4, 0.5) is 0 Å². The highest BCUT2D eigenvalue weighted by Gasteiger charge is 2.30. The summed E-state index contributed by atoms with van der Waals surface area (Å²) in [6.45, 7) is 0.892. The van der Waals surface area contributed by atoms with Gasteiger partial charge in [-0.15, -0.1) is 0 Å². The monoisotopic (exact) mass is 240 g/mol. The zero-order valence-corrected chi connectivity index (χ0v) is 10.2. The summed E-state index contributed by atoms with van der Waals surface area (Å²) >= 11 is 0. The first-order chi connectivity index (χ1) is 8.83. The smallest absolute Gasteiger partial charge is 0.167 e. The second-order valence-electron chi connectivity index (χ2n) is 4.89. The van der Waals surface area contributed by atoms with Gasteiger partial charge in [-0.05, 0) is 37.0 Å². The van der Waals surface area contributed by atoms with Crippen molar-refractivity contribution in [1.29, 1.82) is 0 Å². The molecule has 0 aromatic carbocycles. The van der Waals surface area contributed by atoms with Gasteiger partial charge in [0.25, 0.3) is 0 Å². The van der Waals surface area contributed by atoms with Crippen molar-refractivity contribution in [1.82, 2.24) is 9.55 Å². The average Bonchev–Trinajstić information content (AvgIpc) is 3.15. The van der Waals surface area contributed by atoms with E-state index in [1.807, 2.05) is 30.7 Å².